The lowest BCUT2D eigenvalue weighted by Crippen LogP contribution is -2.15. The van der Waals surface area contributed by atoms with Gasteiger partial charge in [0.15, 0.2) is 0 Å². The fourth-order valence-electron chi connectivity index (χ4n) is 1.78. The molecule has 0 fully saturated rings. The van der Waals surface area contributed by atoms with Gasteiger partial charge in [0, 0.05) is 11.8 Å². The Morgan fingerprint density at radius 1 is 1.15 bits per heavy atom. The summed E-state index contributed by atoms with van der Waals surface area (Å²) in [6, 6.07) is 11.3. The summed E-state index contributed by atoms with van der Waals surface area (Å²) in [6.07, 6.45) is 1.64. The first-order chi connectivity index (χ1) is 9.38. The maximum absolute atomic E-state index is 12.2. The summed E-state index contributed by atoms with van der Waals surface area (Å²) in [5.74, 6) is 0.363. The van der Waals surface area contributed by atoms with Crippen molar-refractivity contribution in [3.8, 4) is 0 Å². The van der Waals surface area contributed by atoms with Crippen molar-refractivity contribution < 1.29 is 4.79 Å². The highest BCUT2D eigenvalue weighted by Crippen LogP contribution is 2.23. The second-order valence-corrected chi connectivity index (χ2v) is 6.47. The van der Waals surface area contributed by atoms with E-state index in [2.05, 4.69) is 47.0 Å². The summed E-state index contributed by atoms with van der Waals surface area (Å²) in [5, 5.41) is 2.79. The number of rotatable bonds is 2. The Morgan fingerprint density at radius 2 is 1.80 bits per heavy atom. The quantitative estimate of drug-likeness (QED) is 0.885. The second kappa shape index (κ2) is 5.75. The first kappa shape index (κ1) is 14.7. The zero-order valence-corrected chi connectivity index (χ0v) is 13.4. The van der Waals surface area contributed by atoms with Crippen LogP contribution in [-0.4, -0.2) is 10.9 Å². The molecule has 1 aromatic heterocycles. The van der Waals surface area contributed by atoms with Gasteiger partial charge in [0.2, 0.25) is 0 Å². The standard InChI is InChI=1S/C16H17BrN2O/c1-16(2,3)12-8-6-11(7-9-12)15(20)19-14-13(17)5-4-10-18-14/h4-10H,1-3H3,(H,18,19,20). The number of carbonyl (C=O) groups excluding carboxylic acids is 1. The van der Waals surface area contributed by atoms with Crippen LogP contribution in [-0.2, 0) is 5.41 Å². The van der Waals surface area contributed by atoms with Crippen molar-refractivity contribution in [1.82, 2.24) is 4.98 Å². The summed E-state index contributed by atoms with van der Waals surface area (Å²) in [5.41, 5.74) is 1.91. The molecule has 0 aliphatic rings. The summed E-state index contributed by atoms with van der Waals surface area (Å²) >= 11 is 3.36. The molecule has 0 spiro atoms. The Morgan fingerprint density at radius 3 is 2.35 bits per heavy atom. The summed E-state index contributed by atoms with van der Waals surface area (Å²) < 4.78 is 0.764. The number of nitrogens with one attached hydrogen (secondary N) is 1. The minimum atomic E-state index is -0.162. The van der Waals surface area contributed by atoms with E-state index in [1.807, 2.05) is 30.3 Å². The van der Waals surface area contributed by atoms with Gasteiger partial charge >= 0.3 is 0 Å². The number of nitrogens with zero attached hydrogens (tertiary/aromatic N) is 1. The van der Waals surface area contributed by atoms with E-state index in [-0.39, 0.29) is 11.3 Å². The monoisotopic (exact) mass is 332 g/mol. The number of hydrogen-bond acceptors (Lipinski definition) is 2. The molecule has 3 nitrogen and oxygen atoms in total. The first-order valence-corrected chi connectivity index (χ1v) is 7.19. The molecule has 0 bridgehead atoms. The van der Waals surface area contributed by atoms with Crippen LogP contribution in [0.25, 0.3) is 0 Å². The molecule has 1 aromatic carbocycles. The van der Waals surface area contributed by atoms with Crippen LogP contribution >= 0.6 is 15.9 Å². The number of hydrogen-bond donors (Lipinski definition) is 1. The Hall–Kier alpha value is -1.68. The zero-order chi connectivity index (χ0) is 14.8. The third-order valence-corrected chi connectivity index (χ3v) is 3.64. The fourth-order valence-corrected chi connectivity index (χ4v) is 2.13. The minimum Gasteiger partial charge on any atom is -0.306 e. The van der Waals surface area contributed by atoms with Crippen molar-refractivity contribution in [1.29, 1.82) is 0 Å². The molecule has 0 atom stereocenters. The van der Waals surface area contributed by atoms with Gasteiger partial charge in [-0.2, -0.15) is 0 Å². The number of aromatic nitrogens is 1. The molecule has 0 radical (unpaired) electrons. The van der Waals surface area contributed by atoms with Gasteiger partial charge in [-0.05, 0) is 51.2 Å². The van der Waals surface area contributed by atoms with E-state index in [0.717, 1.165) is 4.47 Å². The van der Waals surface area contributed by atoms with Gasteiger partial charge in [-0.1, -0.05) is 32.9 Å². The second-order valence-electron chi connectivity index (χ2n) is 5.62. The molecule has 1 amide bonds. The highest BCUT2D eigenvalue weighted by atomic mass is 79.9. The molecular formula is C16H17BrN2O. The van der Waals surface area contributed by atoms with E-state index in [0.29, 0.717) is 11.4 Å². The Bertz CT molecular complexity index is 615. The molecule has 0 aliphatic carbocycles. The zero-order valence-electron chi connectivity index (χ0n) is 11.8. The van der Waals surface area contributed by atoms with E-state index in [1.165, 1.54) is 5.56 Å². The molecular weight excluding hydrogens is 316 g/mol. The van der Waals surface area contributed by atoms with Gasteiger partial charge in [-0.3, -0.25) is 4.79 Å². The number of amides is 1. The van der Waals surface area contributed by atoms with E-state index >= 15 is 0 Å². The van der Waals surface area contributed by atoms with Crippen LogP contribution in [0.1, 0.15) is 36.7 Å². The minimum absolute atomic E-state index is 0.0824. The maximum Gasteiger partial charge on any atom is 0.256 e. The Kier molecular flexibility index (Phi) is 4.23. The summed E-state index contributed by atoms with van der Waals surface area (Å²) in [4.78, 5) is 16.3. The van der Waals surface area contributed by atoms with Crippen LogP contribution < -0.4 is 5.32 Å². The number of benzene rings is 1. The fraction of sp³-hybridized carbons (Fsp3) is 0.250. The lowest BCUT2D eigenvalue weighted by Gasteiger charge is -2.19. The molecule has 1 N–H and O–H groups in total. The molecule has 2 rings (SSSR count). The molecule has 20 heavy (non-hydrogen) atoms. The number of pyridine rings is 1. The maximum atomic E-state index is 12.2. The molecule has 4 heteroatoms. The normalized spacial score (nSPS) is 11.2. The average Bonchev–Trinajstić information content (AvgIpc) is 2.40. The highest BCUT2D eigenvalue weighted by Gasteiger charge is 2.14. The molecule has 0 unspecified atom stereocenters. The number of carbonyl (C=O) groups is 1. The number of halogens is 1. The molecule has 0 saturated heterocycles. The first-order valence-electron chi connectivity index (χ1n) is 6.40. The molecule has 2 aromatic rings. The molecule has 104 valence electrons. The van der Waals surface area contributed by atoms with E-state index in [1.54, 1.807) is 12.3 Å². The van der Waals surface area contributed by atoms with Gasteiger partial charge in [0.25, 0.3) is 5.91 Å². The van der Waals surface area contributed by atoms with Crippen LogP contribution in [0.15, 0.2) is 47.1 Å². The molecule has 0 saturated carbocycles. The van der Waals surface area contributed by atoms with Crippen molar-refractivity contribution >= 4 is 27.7 Å². The third kappa shape index (κ3) is 3.45. The van der Waals surface area contributed by atoms with Gasteiger partial charge in [0.1, 0.15) is 5.82 Å². The Labute approximate surface area is 127 Å². The van der Waals surface area contributed by atoms with Gasteiger partial charge in [-0.25, -0.2) is 4.98 Å². The van der Waals surface area contributed by atoms with Crippen LogP contribution in [0, 0.1) is 0 Å². The van der Waals surface area contributed by atoms with Crippen LogP contribution in [0.2, 0.25) is 0 Å². The third-order valence-electron chi connectivity index (χ3n) is 3.00. The predicted octanol–water partition coefficient (Wildman–Crippen LogP) is 4.39. The Balaban J connectivity index is 2.16. The SMILES string of the molecule is CC(C)(C)c1ccc(C(=O)Nc2ncccc2Br)cc1. The lowest BCUT2D eigenvalue weighted by molar-refractivity contribution is 0.102. The van der Waals surface area contributed by atoms with E-state index in [9.17, 15) is 4.79 Å². The molecule has 0 aliphatic heterocycles. The highest BCUT2D eigenvalue weighted by molar-refractivity contribution is 9.10. The van der Waals surface area contributed by atoms with Crippen molar-refractivity contribution in [3.63, 3.8) is 0 Å². The van der Waals surface area contributed by atoms with Crippen LogP contribution in [0.3, 0.4) is 0 Å². The van der Waals surface area contributed by atoms with Gasteiger partial charge < -0.3 is 5.32 Å². The lowest BCUT2D eigenvalue weighted by atomic mass is 9.87. The summed E-state index contributed by atoms with van der Waals surface area (Å²) in [6.45, 7) is 6.44. The van der Waals surface area contributed by atoms with Crippen LogP contribution in [0.4, 0.5) is 5.82 Å². The average molecular weight is 333 g/mol. The van der Waals surface area contributed by atoms with Crippen molar-refractivity contribution in [2.24, 2.45) is 0 Å². The smallest absolute Gasteiger partial charge is 0.256 e. The largest absolute Gasteiger partial charge is 0.306 e. The van der Waals surface area contributed by atoms with Crippen molar-refractivity contribution in [3.05, 3.63) is 58.2 Å². The van der Waals surface area contributed by atoms with Gasteiger partial charge in [0.05, 0.1) is 4.47 Å². The van der Waals surface area contributed by atoms with Crippen molar-refractivity contribution in [2.75, 3.05) is 5.32 Å². The van der Waals surface area contributed by atoms with Gasteiger partial charge in [-0.15, -0.1) is 0 Å². The van der Waals surface area contributed by atoms with E-state index in [4.69, 9.17) is 0 Å². The number of anilines is 1. The van der Waals surface area contributed by atoms with Crippen molar-refractivity contribution in [2.45, 2.75) is 26.2 Å². The van der Waals surface area contributed by atoms with E-state index < -0.39 is 0 Å². The predicted molar refractivity (Wildman–Crippen MR) is 85.0 cm³/mol. The van der Waals surface area contributed by atoms with Crippen LogP contribution in [0.5, 0.6) is 0 Å². The summed E-state index contributed by atoms with van der Waals surface area (Å²) in [7, 11) is 0. The molecule has 1 heterocycles. The topological polar surface area (TPSA) is 42.0 Å².